The van der Waals surface area contributed by atoms with E-state index in [-0.39, 0.29) is 6.04 Å². The largest absolute Gasteiger partial charge is 0.494 e. The van der Waals surface area contributed by atoms with E-state index in [0.29, 0.717) is 35.4 Å². The summed E-state index contributed by atoms with van der Waals surface area (Å²) in [6.07, 6.45) is 4.89. The summed E-state index contributed by atoms with van der Waals surface area (Å²) in [5.41, 5.74) is 4.12. The molecule has 43 heavy (non-hydrogen) atoms. The van der Waals surface area contributed by atoms with Crippen LogP contribution >= 0.6 is 23.2 Å². The first kappa shape index (κ1) is 29.8. The summed E-state index contributed by atoms with van der Waals surface area (Å²) < 4.78 is 17.3. The molecular weight excluding hydrogens is 585 g/mol. The van der Waals surface area contributed by atoms with Crippen molar-refractivity contribution in [1.82, 2.24) is 14.8 Å². The minimum Gasteiger partial charge on any atom is -0.494 e. The maximum atomic E-state index is 13.5. The first-order valence-electron chi connectivity index (χ1n) is 15.1. The van der Waals surface area contributed by atoms with Crippen LogP contribution in [0, 0.1) is 0 Å². The van der Waals surface area contributed by atoms with Gasteiger partial charge < -0.3 is 19.2 Å². The fourth-order valence-electron chi connectivity index (χ4n) is 6.02. The van der Waals surface area contributed by atoms with Gasteiger partial charge in [-0.2, -0.15) is 0 Å². The molecule has 1 aromatic heterocycles. The fourth-order valence-corrected chi connectivity index (χ4v) is 6.32. The van der Waals surface area contributed by atoms with Gasteiger partial charge in [-0.15, -0.1) is 0 Å². The third kappa shape index (κ3) is 7.29. The van der Waals surface area contributed by atoms with Gasteiger partial charge in [0.15, 0.2) is 0 Å². The Morgan fingerprint density at radius 3 is 2.37 bits per heavy atom. The minimum atomic E-state index is -0.413. The van der Waals surface area contributed by atoms with Gasteiger partial charge in [-0.25, -0.2) is 4.79 Å². The first-order chi connectivity index (χ1) is 21.0. The molecule has 0 bridgehead atoms. The van der Waals surface area contributed by atoms with Crippen molar-refractivity contribution in [3.63, 3.8) is 0 Å². The van der Waals surface area contributed by atoms with Crippen molar-refractivity contribution >= 4 is 40.2 Å². The number of halogens is 2. The highest BCUT2D eigenvalue weighted by Gasteiger charge is 2.35. The number of morpholine rings is 1. The van der Waals surface area contributed by atoms with Crippen LogP contribution in [0.5, 0.6) is 11.5 Å². The topological polar surface area (TPSA) is 67.0 Å². The normalized spacial score (nSPS) is 17.2. The Kier molecular flexibility index (Phi) is 9.74. The summed E-state index contributed by atoms with van der Waals surface area (Å²) >= 11 is 12.4. The van der Waals surface area contributed by atoms with E-state index in [1.54, 1.807) is 29.2 Å². The predicted molar refractivity (Wildman–Crippen MR) is 171 cm³/mol. The molecule has 4 aromatic rings. The lowest BCUT2D eigenvalue weighted by atomic mass is 9.92. The molecule has 3 heterocycles. The molecule has 1 saturated heterocycles. The van der Waals surface area contributed by atoms with Gasteiger partial charge in [-0.3, -0.25) is 9.80 Å². The van der Waals surface area contributed by atoms with E-state index in [2.05, 4.69) is 9.88 Å². The van der Waals surface area contributed by atoms with Crippen LogP contribution in [0.3, 0.4) is 0 Å². The number of fused-ring (bicyclic) bond motifs is 3. The van der Waals surface area contributed by atoms with E-state index in [1.165, 1.54) is 18.4 Å². The molecule has 2 aliphatic rings. The zero-order chi connectivity index (χ0) is 29.6. The van der Waals surface area contributed by atoms with E-state index in [4.69, 9.17) is 37.4 Å². The Balaban J connectivity index is 1.12. The molecule has 9 heteroatoms. The molecule has 0 aliphatic carbocycles. The molecule has 1 amide bonds. The molecule has 0 spiro atoms. The number of hydrogen-bond acceptors (Lipinski definition) is 5. The molecule has 3 aromatic carbocycles. The Hall–Kier alpha value is -3.23. The number of hydrogen-bond donors (Lipinski definition) is 1. The van der Waals surface area contributed by atoms with Gasteiger partial charge in [0.1, 0.15) is 17.5 Å². The van der Waals surface area contributed by atoms with Gasteiger partial charge in [-0.05, 0) is 91.5 Å². The van der Waals surface area contributed by atoms with Gasteiger partial charge in [0.2, 0.25) is 0 Å². The van der Waals surface area contributed by atoms with Crippen LogP contribution in [0.2, 0.25) is 10.0 Å². The molecule has 0 radical (unpaired) electrons. The highest BCUT2D eigenvalue weighted by molar-refractivity contribution is 6.31. The number of carbonyl (C=O) groups excluding carboxylic acids is 1. The average molecular weight is 623 g/mol. The number of nitrogens with zero attached hydrogens (tertiary/aromatic N) is 2. The van der Waals surface area contributed by atoms with E-state index >= 15 is 0 Å². The maximum Gasteiger partial charge on any atom is 0.416 e. The average Bonchev–Trinajstić information content (AvgIpc) is 3.40. The number of carbonyl (C=O) groups is 1. The molecule has 7 nitrogen and oxygen atoms in total. The van der Waals surface area contributed by atoms with Crippen LogP contribution in [0.25, 0.3) is 10.9 Å². The van der Waals surface area contributed by atoms with Crippen LogP contribution < -0.4 is 9.47 Å². The smallest absolute Gasteiger partial charge is 0.416 e. The van der Waals surface area contributed by atoms with Crippen molar-refractivity contribution in [2.24, 2.45) is 0 Å². The number of aromatic amines is 1. The Labute approximate surface area is 262 Å². The number of rotatable bonds is 10. The summed E-state index contributed by atoms with van der Waals surface area (Å²) in [6.45, 7) is 6.17. The minimum absolute atomic E-state index is 0.352. The molecule has 0 saturated carbocycles. The second-order valence-corrected chi connectivity index (χ2v) is 12.0. The zero-order valence-electron chi connectivity index (χ0n) is 24.2. The van der Waals surface area contributed by atoms with Crippen LogP contribution in [0.4, 0.5) is 4.79 Å². The van der Waals surface area contributed by atoms with Crippen molar-refractivity contribution in [1.29, 1.82) is 0 Å². The van der Waals surface area contributed by atoms with E-state index in [1.807, 2.05) is 42.5 Å². The number of amides is 1. The van der Waals surface area contributed by atoms with Gasteiger partial charge in [0, 0.05) is 46.3 Å². The molecule has 2 aliphatic heterocycles. The number of unbranched alkanes of at least 4 members (excludes halogenated alkanes) is 3. The van der Waals surface area contributed by atoms with Crippen LogP contribution in [0.1, 0.15) is 48.5 Å². The lowest BCUT2D eigenvalue weighted by molar-refractivity contribution is 0.0371. The third-order valence-corrected chi connectivity index (χ3v) is 8.77. The van der Waals surface area contributed by atoms with E-state index in [0.717, 1.165) is 73.6 Å². The van der Waals surface area contributed by atoms with Gasteiger partial charge in [-0.1, -0.05) is 48.2 Å². The van der Waals surface area contributed by atoms with Gasteiger partial charge in [0.05, 0.1) is 19.8 Å². The summed E-state index contributed by atoms with van der Waals surface area (Å²) in [4.78, 5) is 21.4. The van der Waals surface area contributed by atoms with Crippen molar-refractivity contribution in [2.45, 2.75) is 38.1 Å². The van der Waals surface area contributed by atoms with Crippen molar-refractivity contribution in [2.75, 3.05) is 46.0 Å². The SMILES string of the molecule is O=C(Oc1ccc(Cl)cc1)N1CCc2c([nH]c3ccc(Cl)cc23)C1c1ccc(OCCCCCCN2CCOCC2)cc1. The second-order valence-electron chi connectivity index (χ2n) is 11.2. The number of ether oxygens (including phenoxy) is 3. The van der Waals surface area contributed by atoms with Gasteiger partial charge in [0.25, 0.3) is 0 Å². The summed E-state index contributed by atoms with van der Waals surface area (Å²) in [5.74, 6) is 1.28. The lowest BCUT2D eigenvalue weighted by Crippen LogP contribution is -2.42. The zero-order valence-corrected chi connectivity index (χ0v) is 25.7. The number of nitrogens with one attached hydrogen (secondary N) is 1. The fraction of sp³-hybridized carbons (Fsp3) is 0.382. The third-order valence-electron chi connectivity index (χ3n) is 8.28. The van der Waals surface area contributed by atoms with Gasteiger partial charge >= 0.3 is 6.09 Å². The number of H-pyrrole nitrogens is 1. The summed E-state index contributed by atoms with van der Waals surface area (Å²) in [5, 5.41) is 2.36. The molecule has 1 N–H and O–H groups in total. The monoisotopic (exact) mass is 621 g/mol. The quantitative estimate of drug-likeness (QED) is 0.182. The molecular formula is C34H37Cl2N3O4. The van der Waals surface area contributed by atoms with Crippen molar-refractivity contribution < 1.29 is 19.0 Å². The first-order valence-corrected chi connectivity index (χ1v) is 15.9. The highest BCUT2D eigenvalue weighted by Crippen LogP contribution is 2.40. The molecule has 226 valence electrons. The number of benzene rings is 3. The van der Waals surface area contributed by atoms with Crippen LogP contribution in [-0.4, -0.2) is 66.9 Å². The standard InChI is InChI=1S/C34H37Cl2N3O4/c35-25-7-12-28(13-8-25)43-34(40)39-17-15-29-30-23-26(36)9-14-31(30)37-32(29)33(39)24-5-10-27(11-6-24)42-20-4-2-1-3-16-38-18-21-41-22-19-38/h5-14,23,33,37H,1-4,15-22H2. The van der Waals surface area contributed by atoms with Crippen LogP contribution in [-0.2, 0) is 11.2 Å². The molecule has 1 fully saturated rings. The van der Waals surface area contributed by atoms with E-state index in [9.17, 15) is 4.79 Å². The Morgan fingerprint density at radius 2 is 1.58 bits per heavy atom. The van der Waals surface area contributed by atoms with Crippen molar-refractivity contribution in [3.05, 3.63) is 93.6 Å². The predicted octanol–water partition coefficient (Wildman–Crippen LogP) is 7.89. The molecule has 6 rings (SSSR count). The summed E-state index contributed by atoms with van der Waals surface area (Å²) in [7, 11) is 0. The molecule has 1 atom stereocenters. The number of aromatic nitrogens is 1. The Morgan fingerprint density at radius 1 is 0.860 bits per heavy atom. The Bertz CT molecular complexity index is 1520. The lowest BCUT2D eigenvalue weighted by Gasteiger charge is -2.35. The molecule has 1 unspecified atom stereocenters. The van der Waals surface area contributed by atoms with Crippen molar-refractivity contribution in [3.8, 4) is 11.5 Å². The maximum absolute atomic E-state index is 13.5. The highest BCUT2D eigenvalue weighted by atomic mass is 35.5. The van der Waals surface area contributed by atoms with Crippen LogP contribution in [0.15, 0.2) is 66.7 Å². The summed E-state index contributed by atoms with van der Waals surface area (Å²) in [6, 6.07) is 20.4. The second kappa shape index (κ2) is 14.0. The van der Waals surface area contributed by atoms with E-state index < -0.39 is 6.09 Å².